The normalized spacial score (nSPS) is 11.1. The van der Waals surface area contributed by atoms with Gasteiger partial charge in [-0.15, -0.1) is 0 Å². The number of halogens is 1. The number of pyridine rings is 1. The van der Waals surface area contributed by atoms with Crippen LogP contribution in [0.15, 0.2) is 73.1 Å². The molecule has 0 atom stereocenters. The summed E-state index contributed by atoms with van der Waals surface area (Å²) in [4.78, 5) is 16.4. The summed E-state index contributed by atoms with van der Waals surface area (Å²) >= 11 is 0. The van der Waals surface area contributed by atoms with Gasteiger partial charge in [-0.05, 0) is 60.0 Å². The summed E-state index contributed by atoms with van der Waals surface area (Å²) < 4.78 is 38.5. The molecule has 2 aromatic carbocycles. The van der Waals surface area contributed by atoms with E-state index in [-0.39, 0.29) is 5.69 Å². The fraction of sp³-hybridized carbons (Fsp3) is 0.143. The van der Waals surface area contributed by atoms with Crippen molar-refractivity contribution in [1.29, 1.82) is 0 Å². The summed E-state index contributed by atoms with van der Waals surface area (Å²) in [6, 6.07) is 16.2. The molecular formula is C21H20FN3O3S. The Morgan fingerprint density at radius 2 is 1.69 bits per heavy atom. The van der Waals surface area contributed by atoms with Crippen LogP contribution in [0, 0.1) is 5.82 Å². The first-order valence-electron chi connectivity index (χ1n) is 8.82. The number of nitrogens with one attached hydrogen (secondary N) is 1. The predicted octanol–water partition coefficient (Wildman–Crippen LogP) is 3.22. The predicted molar refractivity (Wildman–Crippen MR) is 111 cm³/mol. The summed E-state index contributed by atoms with van der Waals surface area (Å²) in [5.41, 5.74) is 2.82. The fourth-order valence-corrected chi connectivity index (χ4v) is 3.65. The van der Waals surface area contributed by atoms with Crippen molar-refractivity contribution in [1.82, 2.24) is 4.98 Å². The SMILES string of the molecule is CS(=O)(=O)N(CC(=O)Nc1ccc(Cc2ccncc2)cc1)c1cccc(F)c1. The topological polar surface area (TPSA) is 79.4 Å². The second-order valence-corrected chi connectivity index (χ2v) is 8.43. The van der Waals surface area contributed by atoms with Crippen LogP contribution in [-0.2, 0) is 21.2 Å². The number of benzene rings is 2. The molecule has 150 valence electrons. The van der Waals surface area contributed by atoms with Gasteiger partial charge in [0.1, 0.15) is 12.4 Å². The van der Waals surface area contributed by atoms with Gasteiger partial charge in [-0.2, -0.15) is 0 Å². The van der Waals surface area contributed by atoms with Gasteiger partial charge in [-0.3, -0.25) is 14.1 Å². The minimum atomic E-state index is -3.76. The Kier molecular flexibility index (Phi) is 6.23. The summed E-state index contributed by atoms with van der Waals surface area (Å²) in [5, 5.41) is 2.67. The second kappa shape index (κ2) is 8.83. The zero-order valence-electron chi connectivity index (χ0n) is 15.7. The molecule has 0 saturated heterocycles. The number of carbonyl (C=O) groups is 1. The molecule has 1 aromatic heterocycles. The van der Waals surface area contributed by atoms with Gasteiger partial charge in [0.15, 0.2) is 0 Å². The average molecular weight is 413 g/mol. The maximum absolute atomic E-state index is 13.5. The van der Waals surface area contributed by atoms with E-state index in [2.05, 4.69) is 10.3 Å². The van der Waals surface area contributed by atoms with Crippen molar-refractivity contribution < 1.29 is 17.6 Å². The van der Waals surface area contributed by atoms with E-state index in [9.17, 15) is 17.6 Å². The van der Waals surface area contributed by atoms with Gasteiger partial charge < -0.3 is 5.32 Å². The highest BCUT2D eigenvalue weighted by atomic mass is 32.2. The first kappa shape index (κ1) is 20.5. The monoisotopic (exact) mass is 413 g/mol. The highest BCUT2D eigenvalue weighted by Gasteiger charge is 2.21. The Balaban J connectivity index is 1.67. The van der Waals surface area contributed by atoms with Crippen molar-refractivity contribution in [3.8, 4) is 0 Å². The minimum absolute atomic E-state index is 0.0929. The molecule has 0 radical (unpaired) electrons. The van der Waals surface area contributed by atoms with Crippen molar-refractivity contribution in [3.63, 3.8) is 0 Å². The van der Waals surface area contributed by atoms with Crippen LogP contribution in [0.25, 0.3) is 0 Å². The van der Waals surface area contributed by atoms with Gasteiger partial charge in [-0.1, -0.05) is 18.2 Å². The standard InChI is InChI=1S/C21H20FN3O3S/c1-29(27,28)25(20-4-2-3-18(22)14-20)15-21(26)24-19-7-5-16(6-8-19)13-17-9-11-23-12-10-17/h2-12,14H,13,15H2,1H3,(H,24,26). The molecule has 0 saturated carbocycles. The zero-order valence-corrected chi connectivity index (χ0v) is 16.6. The lowest BCUT2D eigenvalue weighted by Crippen LogP contribution is -2.37. The molecule has 29 heavy (non-hydrogen) atoms. The fourth-order valence-electron chi connectivity index (χ4n) is 2.80. The maximum atomic E-state index is 13.5. The van der Waals surface area contributed by atoms with Crippen molar-refractivity contribution in [2.75, 3.05) is 22.4 Å². The Hall–Kier alpha value is -3.26. The number of anilines is 2. The van der Waals surface area contributed by atoms with Crippen LogP contribution in [0.2, 0.25) is 0 Å². The van der Waals surface area contributed by atoms with Gasteiger partial charge in [0.05, 0.1) is 11.9 Å². The first-order chi connectivity index (χ1) is 13.8. The van der Waals surface area contributed by atoms with Gasteiger partial charge in [0, 0.05) is 18.1 Å². The van der Waals surface area contributed by atoms with Crippen LogP contribution in [0.4, 0.5) is 15.8 Å². The smallest absolute Gasteiger partial charge is 0.245 e. The van der Waals surface area contributed by atoms with Crippen LogP contribution in [0.3, 0.4) is 0 Å². The summed E-state index contributed by atoms with van der Waals surface area (Å²) in [7, 11) is -3.76. The number of nitrogens with zero attached hydrogens (tertiary/aromatic N) is 2. The van der Waals surface area contributed by atoms with E-state index in [4.69, 9.17) is 0 Å². The van der Waals surface area contributed by atoms with E-state index in [0.29, 0.717) is 5.69 Å². The van der Waals surface area contributed by atoms with E-state index in [1.807, 2.05) is 24.3 Å². The molecule has 6 nitrogen and oxygen atoms in total. The molecule has 0 fully saturated rings. The lowest BCUT2D eigenvalue weighted by atomic mass is 10.1. The van der Waals surface area contributed by atoms with E-state index in [1.54, 1.807) is 24.5 Å². The molecule has 0 spiro atoms. The maximum Gasteiger partial charge on any atom is 0.245 e. The molecule has 8 heteroatoms. The van der Waals surface area contributed by atoms with Crippen molar-refractivity contribution >= 4 is 27.3 Å². The van der Waals surface area contributed by atoms with Gasteiger partial charge in [0.2, 0.25) is 15.9 Å². The van der Waals surface area contributed by atoms with Gasteiger partial charge in [0.25, 0.3) is 0 Å². The molecular weight excluding hydrogens is 393 g/mol. The lowest BCUT2D eigenvalue weighted by Gasteiger charge is -2.22. The van der Waals surface area contributed by atoms with Crippen LogP contribution in [-0.4, -0.2) is 32.1 Å². The Morgan fingerprint density at radius 3 is 2.31 bits per heavy atom. The van der Waals surface area contributed by atoms with Crippen LogP contribution in [0.1, 0.15) is 11.1 Å². The molecule has 0 unspecified atom stereocenters. The molecule has 3 rings (SSSR count). The Morgan fingerprint density at radius 1 is 1.03 bits per heavy atom. The third-order valence-corrected chi connectivity index (χ3v) is 5.32. The summed E-state index contributed by atoms with van der Waals surface area (Å²) in [5.74, 6) is -1.11. The number of aromatic nitrogens is 1. The summed E-state index contributed by atoms with van der Waals surface area (Å²) in [6.45, 7) is -0.457. The number of sulfonamides is 1. The number of carbonyl (C=O) groups excluding carboxylic acids is 1. The molecule has 1 N–H and O–H groups in total. The Labute approximate surface area is 169 Å². The minimum Gasteiger partial charge on any atom is -0.325 e. The molecule has 1 amide bonds. The molecule has 0 aliphatic heterocycles. The average Bonchev–Trinajstić information content (AvgIpc) is 2.68. The zero-order chi connectivity index (χ0) is 20.9. The van der Waals surface area contributed by atoms with Crippen molar-refractivity contribution in [2.45, 2.75) is 6.42 Å². The third kappa shape index (κ3) is 5.86. The largest absolute Gasteiger partial charge is 0.325 e. The number of rotatable bonds is 7. The van der Waals surface area contributed by atoms with Crippen molar-refractivity contribution in [3.05, 3.63) is 90.0 Å². The van der Waals surface area contributed by atoms with Crippen LogP contribution < -0.4 is 9.62 Å². The van der Waals surface area contributed by atoms with Gasteiger partial charge >= 0.3 is 0 Å². The van der Waals surface area contributed by atoms with E-state index >= 15 is 0 Å². The molecule has 3 aromatic rings. The van der Waals surface area contributed by atoms with Crippen LogP contribution >= 0.6 is 0 Å². The highest BCUT2D eigenvalue weighted by molar-refractivity contribution is 7.92. The van der Waals surface area contributed by atoms with E-state index < -0.39 is 28.3 Å². The Bertz CT molecular complexity index is 1090. The number of amides is 1. The number of hydrogen-bond donors (Lipinski definition) is 1. The number of hydrogen-bond acceptors (Lipinski definition) is 4. The van der Waals surface area contributed by atoms with Gasteiger partial charge in [-0.25, -0.2) is 12.8 Å². The summed E-state index contributed by atoms with van der Waals surface area (Å²) in [6.07, 6.45) is 5.17. The molecule has 1 heterocycles. The molecule has 0 aliphatic rings. The highest BCUT2D eigenvalue weighted by Crippen LogP contribution is 2.19. The van der Waals surface area contributed by atoms with E-state index in [0.717, 1.165) is 34.2 Å². The second-order valence-electron chi connectivity index (χ2n) is 6.53. The quantitative estimate of drug-likeness (QED) is 0.645. The van der Waals surface area contributed by atoms with E-state index in [1.165, 1.54) is 18.2 Å². The van der Waals surface area contributed by atoms with Crippen molar-refractivity contribution in [2.24, 2.45) is 0 Å². The molecule has 0 bridgehead atoms. The third-order valence-electron chi connectivity index (χ3n) is 4.18. The van der Waals surface area contributed by atoms with Crippen LogP contribution in [0.5, 0.6) is 0 Å². The first-order valence-corrected chi connectivity index (χ1v) is 10.7. The molecule has 0 aliphatic carbocycles. The lowest BCUT2D eigenvalue weighted by molar-refractivity contribution is -0.114.